The van der Waals surface area contributed by atoms with Crippen molar-refractivity contribution < 1.29 is 0 Å². The Labute approximate surface area is 148 Å². The first-order valence-electron chi connectivity index (χ1n) is 6.99. The van der Waals surface area contributed by atoms with Crippen molar-refractivity contribution >= 4 is 57.7 Å². The maximum atomic E-state index is 6.05. The molecule has 4 nitrogen and oxygen atoms in total. The van der Waals surface area contributed by atoms with E-state index in [1.807, 2.05) is 12.3 Å². The molecule has 0 bridgehead atoms. The number of aryl methyl sites for hydroxylation is 1. The molecule has 3 aromatic rings. The minimum atomic E-state index is 0.174. The quantitative estimate of drug-likeness (QED) is 0.362. The van der Waals surface area contributed by atoms with Crippen LogP contribution in [-0.4, -0.2) is 16.2 Å². The highest BCUT2D eigenvalue weighted by molar-refractivity contribution is 6.42. The maximum Gasteiger partial charge on any atom is 0.166 e. The fourth-order valence-corrected chi connectivity index (χ4v) is 2.87. The average Bonchev–Trinajstić information content (AvgIpc) is 2.95. The van der Waals surface area contributed by atoms with E-state index in [0.29, 0.717) is 15.9 Å². The Morgan fingerprint density at radius 2 is 2.09 bits per heavy atom. The Hall–Kier alpha value is -1.75. The van der Waals surface area contributed by atoms with Crippen molar-refractivity contribution in [1.29, 1.82) is 0 Å². The van der Waals surface area contributed by atoms with Crippen molar-refractivity contribution in [2.75, 3.05) is 5.43 Å². The molecule has 118 valence electrons. The smallest absolute Gasteiger partial charge is 0.166 e. The number of pyridine rings is 1. The fraction of sp³-hybridized carbons (Fsp3) is 0.125. The van der Waals surface area contributed by atoms with Gasteiger partial charge in [0.05, 0.1) is 16.3 Å². The van der Waals surface area contributed by atoms with E-state index in [4.69, 9.17) is 34.8 Å². The number of nitrogens with zero attached hydrogens (tertiary/aromatic N) is 2. The van der Waals surface area contributed by atoms with Crippen molar-refractivity contribution in [3.05, 3.63) is 56.8 Å². The van der Waals surface area contributed by atoms with Crippen molar-refractivity contribution in [3.8, 4) is 0 Å². The molecule has 1 aromatic carbocycles. The standard InChI is InChI=1S/C16H13Cl3N4/c1-2-9-4-3-5-11-10(7-20-14(9)11)8-21-23-16-13(18)6-12(17)15(19)22-16/h3-8,20H,2H2,1H3,(H,22,23). The van der Waals surface area contributed by atoms with Gasteiger partial charge in [0.15, 0.2) is 5.82 Å². The third kappa shape index (κ3) is 3.29. The second-order valence-electron chi connectivity index (χ2n) is 4.90. The maximum absolute atomic E-state index is 6.05. The van der Waals surface area contributed by atoms with Crippen LogP contribution in [-0.2, 0) is 6.42 Å². The first-order chi connectivity index (χ1) is 11.1. The fourth-order valence-electron chi connectivity index (χ4n) is 2.33. The lowest BCUT2D eigenvalue weighted by Crippen LogP contribution is -1.95. The third-order valence-corrected chi connectivity index (χ3v) is 4.44. The van der Waals surface area contributed by atoms with Crippen LogP contribution < -0.4 is 5.43 Å². The van der Waals surface area contributed by atoms with Crippen molar-refractivity contribution in [2.24, 2.45) is 5.10 Å². The van der Waals surface area contributed by atoms with E-state index in [0.717, 1.165) is 22.9 Å². The second-order valence-corrected chi connectivity index (χ2v) is 6.07. The number of nitrogens with one attached hydrogen (secondary N) is 2. The van der Waals surface area contributed by atoms with Gasteiger partial charge in [-0.2, -0.15) is 5.10 Å². The zero-order chi connectivity index (χ0) is 16.4. The van der Waals surface area contributed by atoms with E-state index in [1.54, 1.807) is 6.21 Å². The lowest BCUT2D eigenvalue weighted by molar-refractivity contribution is 1.15. The van der Waals surface area contributed by atoms with Gasteiger partial charge in [-0.1, -0.05) is 59.9 Å². The Morgan fingerprint density at radius 3 is 2.87 bits per heavy atom. The predicted octanol–water partition coefficient (Wildman–Crippen LogP) is 5.53. The number of aromatic nitrogens is 2. The number of benzene rings is 1. The zero-order valence-corrected chi connectivity index (χ0v) is 14.5. The van der Waals surface area contributed by atoms with Crippen LogP contribution in [0.3, 0.4) is 0 Å². The molecule has 0 aliphatic carbocycles. The van der Waals surface area contributed by atoms with E-state index >= 15 is 0 Å². The first kappa shape index (κ1) is 16.1. The number of aromatic amines is 1. The Balaban J connectivity index is 1.85. The normalized spacial score (nSPS) is 11.5. The summed E-state index contributed by atoms with van der Waals surface area (Å²) in [5, 5.41) is 6.12. The minimum absolute atomic E-state index is 0.174. The number of anilines is 1. The van der Waals surface area contributed by atoms with Gasteiger partial charge in [-0.05, 0) is 18.1 Å². The van der Waals surface area contributed by atoms with Gasteiger partial charge >= 0.3 is 0 Å². The van der Waals surface area contributed by atoms with Crippen LogP contribution in [0, 0.1) is 0 Å². The number of rotatable bonds is 4. The largest absolute Gasteiger partial charge is 0.360 e. The van der Waals surface area contributed by atoms with Gasteiger partial charge in [0.2, 0.25) is 0 Å². The van der Waals surface area contributed by atoms with E-state index in [9.17, 15) is 0 Å². The molecule has 0 fully saturated rings. The topological polar surface area (TPSA) is 53.1 Å². The monoisotopic (exact) mass is 366 g/mol. The zero-order valence-electron chi connectivity index (χ0n) is 12.2. The second kappa shape index (κ2) is 6.79. The highest BCUT2D eigenvalue weighted by Gasteiger charge is 2.07. The number of fused-ring (bicyclic) bond motifs is 1. The molecule has 2 aromatic heterocycles. The highest BCUT2D eigenvalue weighted by Crippen LogP contribution is 2.28. The van der Waals surface area contributed by atoms with Gasteiger partial charge in [-0.25, -0.2) is 4.98 Å². The van der Waals surface area contributed by atoms with Crippen LogP contribution in [0.25, 0.3) is 10.9 Å². The Morgan fingerprint density at radius 1 is 1.26 bits per heavy atom. The molecule has 0 aliphatic rings. The summed E-state index contributed by atoms with van der Waals surface area (Å²) < 4.78 is 0. The predicted molar refractivity (Wildman–Crippen MR) is 98.2 cm³/mol. The molecule has 0 amide bonds. The summed E-state index contributed by atoms with van der Waals surface area (Å²) in [6.45, 7) is 2.13. The lowest BCUT2D eigenvalue weighted by Gasteiger charge is -2.03. The number of H-pyrrole nitrogens is 1. The Bertz CT molecular complexity index is 886. The van der Waals surface area contributed by atoms with Crippen molar-refractivity contribution in [1.82, 2.24) is 9.97 Å². The van der Waals surface area contributed by atoms with Crippen LogP contribution in [0.4, 0.5) is 5.82 Å². The summed E-state index contributed by atoms with van der Waals surface area (Å²) in [6.07, 6.45) is 4.59. The van der Waals surface area contributed by atoms with Crippen LogP contribution in [0.15, 0.2) is 35.6 Å². The summed E-state index contributed by atoms with van der Waals surface area (Å²) >= 11 is 17.8. The molecule has 7 heteroatoms. The van der Waals surface area contributed by atoms with E-state index in [1.165, 1.54) is 11.6 Å². The van der Waals surface area contributed by atoms with Gasteiger partial charge in [-0.3, -0.25) is 5.43 Å². The van der Waals surface area contributed by atoms with Gasteiger partial charge in [0.25, 0.3) is 0 Å². The number of hydrazone groups is 1. The molecular weight excluding hydrogens is 355 g/mol. The van der Waals surface area contributed by atoms with Gasteiger partial charge in [0, 0.05) is 22.7 Å². The van der Waals surface area contributed by atoms with Crippen LogP contribution in [0.2, 0.25) is 15.2 Å². The van der Waals surface area contributed by atoms with Gasteiger partial charge in [0.1, 0.15) is 5.15 Å². The first-order valence-corrected chi connectivity index (χ1v) is 8.13. The molecule has 0 radical (unpaired) electrons. The van der Waals surface area contributed by atoms with Gasteiger partial charge in [-0.15, -0.1) is 0 Å². The molecular formula is C16H13Cl3N4. The van der Waals surface area contributed by atoms with Crippen LogP contribution in [0.5, 0.6) is 0 Å². The molecule has 2 heterocycles. The molecule has 0 atom stereocenters. The molecule has 0 saturated heterocycles. The Kier molecular flexibility index (Phi) is 4.76. The summed E-state index contributed by atoms with van der Waals surface area (Å²) in [5.41, 5.74) is 6.15. The summed E-state index contributed by atoms with van der Waals surface area (Å²) in [6, 6.07) is 7.72. The van der Waals surface area contributed by atoms with E-state index in [2.05, 4.69) is 39.6 Å². The molecule has 3 rings (SSSR count). The van der Waals surface area contributed by atoms with Gasteiger partial charge < -0.3 is 4.98 Å². The number of hydrogen-bond donors (Lipinski definition) is 2. The molecule has 23 heavy (non-hydrogen) atoms. The summed E-state index contributed by atoms with van der Waals surface area (Å²) in [7, 11) is 0. The summed E-state index contributed by atoms with van der Waals surface area (Å²) in [4.78, 5) is 7.33. The number of para-hydroxylation sites is 1. The number of hydrogen-bond acceptors (Lipinski definition) is 3. The van der Waals surface area contributed by atoms with E-state index in [-0.39, 0.29) is 5.15 Å². The average molecular weight is 368 g/mol. The minimum Gasteiger partial charge on any atom is -0.360 e. The summed E-state index contributed by atoms with van der Waals surface area (Å²) in [5.74, 6) is 0.353. The van der Waals surface area contributed by atoms with Crippen LogP contribution in [0.1, 0.15) is 18.1 Å². The third-order valence-electron chi connectivity index (χ3n) is 3.48. The molecule has 0 spiro atoms. The van der Waals surface area contributed by atoms with Crippen LogP contribution >= 0.6 is 34.8 Å². The highest BCUT2D eigenvalue weighted by atomic mass is 35.5. The van der Waals surface area contributed by atoms with E-state index < -0.39 is 0 Å². The SMILES string of the molecule is CCc1cccc2c(C=NNc3nc(Cl)c(Cl)cc3Cl)c[nH]c12. The van der Waals surface area contributed by atoms with Crippen molar-refractivity contribution in [2.45, 2.75) is 13.3 Å². The molecule has 0 aliphatic heterocycles. The lowest BCUT2D eigenvalue weighted by atomic mass is 10.1. The molecule has 0 saturated carbocycles. The van der Waals surface area contributed by atoms with Crippen molar-refractivity contribution in [3.63, 3.8) is 0 Å². The molecule has 0 unspecified atom stereocenters. The number of halogens is 3. The molecule has 2 N–H and O–H groups in total.